The highest BCUT2D eigenvalue weighted by Gasteiger charge is 2.52. The molecular weight excluding hydrogens is 315 g/mol. The van der Waals surface area contributed by atoms with Crippen LogP contribution in [0, 0.1) is 17.2 Å². The molecule has 4 rings (SSSR count). The van der Waals surface area contributed by atoms with E-state index in [1.54, 1.807) is 0 Å². The van der Waals surface area contributed by atoms with Crippen LogP contribution < -0.4 is 4.90 Å². The van der Waals surface area contributed by atoms with Crippen LogP contribution in [0.5, 0.6) is 0 Å². The second-order valence-electron chi connectivity index (χ2n) is 6.83. The lowest BCUT2D eigenvalue weighted by Crippen LogP contribution is -2.44. The van der Waals surface area contributed by atoms with Crippen LogP contribution in [0.25, 0.3) is 0 Å². The quantitative estimate of drug-likeness (QED) is 0.792. The van der Waals surface area contributed by atoms with Crippen molar-refractivity contribution < 1.29 is 18.7 Å². The maximum atomic E-state index is 13.0. The third kappa shape index (κ3) is 2.84. The van der Waals surface area contributed by atoms with Gasteiger partial charge in [0.25, 0.3) is 0 Å². The molecule has 3 fully saturated rings. The van der Waals surface area contributed by atoms with Crippen molar-refractivity contribution in [3.63, 3.8) is 0 Å². The number of morpholine rings is 1. The summed E-state index contributed by atoms with van der Waals surface area (Å²) >= 11 is 0. The maximum Gasteiger partial charge on any atom is 0.225 e. The predicted molar refractivity (Wildman–Crippen MR) is 83.0 cm³/mol. The number of carbonyl (C=O) groups is 1. The van der Waals surface area contributed by atoms with Crippen molar-refractivity contribution in [3.05, 3.63) is 18.2 Å². The Morgan fingerprint density at radius 1 is 1.29 bits per heavy atom. The minimum absolute atomic E-state index is 0.163. The molecule has 3 aliphatic heterocycles. The molecular formula is C16H21FN4O3. The lowest BCUT2D eigenvalue weighted by molar-refractivity contribution is -0.138. The number of fused-ring (bicyclic) bond motifs is 1. The number of ether oxygens (including phenoxy) is 2. The van der Waals surface area contributed by atoms with Crippen molar-refractivity contribution in [2.24, 2.45) is 11.3 Å². The molecule has 0 unspecified atom stereocenters. The molecule has 0 aliphatic carbocycles. The average molecular weight is 336 g/mol. The summed E-state index contributed by atoms with van der Waals surface area (Å²) in [5.74, 6) is 0.509. The van der Waals surface area contributed by atoms with Crippen molar-refractivity contribution in [1.82, 2.24) is 14.9 Å². The number of aromatic nitrogens is 2. The van der Waals surface area contributed by atoms with Gasteiger partial charge in [0, 0.05) is 43.9 Å². The first-order valence-corrected chi connectivity index (χ1v) is 8.32. The predicted octanol–water partition coefficient (Wildman–Crippen LogP) is 0.317. The first kappa shape index (κ1) is 15.7. The van der Waals surface area contributed by atoms with Gasteiger partial charge in [0.2, 0.25) is 11.9 Å². The van der Waals surface area contributed by atoms with Gasteiger partial charge in [0.15, 0.2) is 5.82 Å². The fraction of sp³-hybridized carbons (Fsp3) is 0.688. The number of hydrogen-bond acceptors (Lipinski definition) is 6. The fourth-order valence-corrected chi connectivity index (χ4v) is 3.93. The molecule has 4 heterocycles. The summed E-state index contributed by atoms with van der Waals surface area (Å²) in [6.07, 6.45) is 2.83. The van der Waals surface area contributed by atoms with Crippen LogP contribution in [-0.4, -0.2) is 73.4 Å². The van der Waals surface area contributed by atoms with Gasteiger partial charge in [-0.15, -0.1) is 0 Å². The molecule has 8 heteroatoms. The summed E-state index contributed by atoms with van der Waals surface area (Å²) in [6.45, 7) is 5.15. The van der Waals surface area contributed by atoms with Crippen molar-refractivity contribution >= 4 is 11.9 Å². The van der Waals surface area contributed by atoms with E-state index >= 15 is 0 Å². The average Bonchev–Trinajstić information content (AvgIpc) is 3.13. The number of halogens is 1. The van der Waals surface area contributed by atoms with E-state index in [2.05, 4.69) is 9.97 Å². The van der Waals surface area contributed by atoms with E-state index in [1.165, 1.54) is 12.4 Å². The third-order valence-electron chi connectivity index (χ3n) is 5.28. The summed E-state index contributed by atoms with van der Waals surface area (Å²) in [4.78, 5) is 24.8. The van der Waals surface area contributed by atoms with Gasteiger partial charge in [0.1, 0.15) is 0 Å². The summed E-state index contributed by atoms with van der Waals surface area (Å²) in [6, 6.07) is 0. The maximum absolute atomic E-state index is 13.0. The molecule has 7 nitrogen and oxygen atoms in total. The Kier molecular flexibility index (Phi) is 4.09. The van der Waals surface area contributed by atoms with Gasteiger partial charge in [-0.2, -0.15) is 0 Å². The topological polar surface area (TPSA) is 67.8 Å². The molecule has 0 aromatic carbocycles. The zero-order valence-corrected chi connectivity index (χ0v) is 13.5. The summed E-state index contributed by atoms with van der Waals surface area (Å²) in [5, 5.41) is 0. The molecule has 130 valence electrons. The highest BCUT2D eigenvalue weighted by atomic mass is 19.1. The lowest BCUT2D eigenvalue weighted by atomic mass is 9.77. The Labute approximate surface area is 139 Å². The van der Waals surface area contributed by atoms with Crippen molar-refractivity contribution in [1.29, 1.82) is 0 Å². The third-order valence-corrected chi connectivity index (χ3v) is 5.28. The lowest BCUT2D eigenvalue weighted by Gasteiger charge is -2.32. The van der Waals surface area contributed by atoms with Crippen molar-refractivity contribution in [3.8, 4) is 0 Å². The molecule has 24 heavy (non-hydrogen) atoms. The molecule has 0 saturated carbocycles. The number of hydrogen-bond donors (Lipinski definition) is 0. The monoisotopic (exact) mass is 336 g/mol. The highest BCUT2D eigenvalue weighted by molar-refractivity contribution is 5.77. The molecule has 3 saturated heterocycles. The Hall–Kier alpha value is -1.80. The van der Waals surface area contributed by atoms with Crippen LogP contribution >= 0.6 is 0 Å². The SMILES string of the molecule is O=C(C[C@@]12COC[C@@H]1CN(c1ncc(F)cn1)C2)N1CCOCC1. The number of amides is 1. The normalized spacial score (nSPS) is 29.8. The highest BCUT2D eigenvalue weighted by Crippen LogP contribution is 2.45. The van der Waals surface area contributed by atoms with E-state index in [-0.39, 0.29) is 17.2 Å². The smallest absolute Gasteiger partial charge is 0.225 e. The first-order valence-electron chi connectivity index (χ1n) is 8.32. The second kappa shape index (κ2) is 6.25. The van der Waals surface area contributed by atoms with Crippen molar-refractivity contribution in [2.75, 3.05) is 57.5 Å². The Morgan fingerprint density at radius 3 is 2.79 bits per heavy atom. The molecule has 0 spiro atoms. The van der Waals surface area contributed by atoms with Gasteiger partial charge in [-0.05, 0) is 0 Å². The standard InChI is InChI=1S/C16H21FN4O3/c17-13-6-18-15(19-7-13)21-8-12-9-24-11-16(12,10-21)5-14(22)20-1-3-23-4-2-20/h6-7,12H,1-5,8-11H2/t12-,16+/m0/s1. The fourth-order valence-electron chi connectivity index (χ4n) is 3.93. The van der Waals surface area contributed by atoms with Crippen LogP contribution in [0.15, 0.2) is 12.4 Å². The van der Waals surface area contributed by atoms with E-state index < -0.39 is 5.82 Å². The molecule has 1 aromatic rings. The Morgan fingerprint density at radius 2 is 2.04 bits per heavy atom. The minimum Gasteiger partial charge on any atom is -0.380 e. The van der Waals surface area contributed by atoms with E-state index in [4.69, 9.17) is 9.47 Å². The zero-order chi connectivity index (χ0) is 16.6. The molecule has 2 atom stereocenters. The summed E-state index contributed by atoms with van der Waals surface area (Å²) in [7, 11) is 0. The minimum atomic E-state index is -0.446. The summed E-state index contributed by atoms with van der Waals surface area (Å²) in [5.41, 5.74) is -0.201. The van der Waals surface area contributed by atoms with Crippen LogP contribution in [0.2, 0.25) is 0 Å². The van der Waals surface area contributed by atoms with Crippen LogP contribution in [0.3, 0.4) is 0 Å². The van der Waals surface area contributed by atoms with E-state index in [0.717, 1.165) is 6.54 Å². The van der Waals surface area contributed by atoms with Gasteiger partial charge in [-0.3, -0.25) is 4.79 Å². The van der Waals surface area contributed by atoms with Gasteiger partial charge in [-0.25, -0.2) is 14.4 Å². The summed E-state index contributed by atoms with van der Waals surface area (Å²) < 4.78 is 24.0. The number of carbonyl (C=O) groups excluding carboxylic acids is 1. The first-order chi connectivity index (χ1) is 11.7. The van der Waals surface area contributed by atoms with Crippen LogP contribution in [0.1, 0.15) is 6.42 Å². The second-order valence-corrected chi connectivity index (χ2v) is 6.83. The van der Waals surface area contributed by atoms with Crippen molar-refractivity contribution in [2.45, 2.75) is 6.42 Å². The van der Waals surface area contributed by atoms with Gasteiger partial charge in [0.05, 0.1) is 38.8 Å². The number of anilines is 1. The van der Waals surface area contributed by atoms with Gasteiger partial charge in [-0.1, -0.05) is 0 Å². The molecule has 0 N–H and O–H groups in total. The number of nitrogens with zero attached hydrogens (tertiary/aromatic N) is 4. The zero-order valence-electron chi connectivity index (χ0n) is 13.5. The molecule has 1 aromatic heterocycles. The Balaban J connectivity index is 1.48. The molecule has 0 radical (unpaired) electrons. The van der Waals surface area contributed by atoms with E-state index in [1.807, 2.05) is 9.80 Å². The van der Waals surface area contributed by atoms with E-state index in [0.29, 0.717) is 58.4 Å². The number of rotatable bonds is 3. The van der Waals surface area contributed by atoms with E-state index in [9.17, 15) is 9.18 Å². The van der Waals surface area contributed by atoms with Crippen LogP contribution in [-0.2, 0) is 14.3 Å². The molecule has 0 bridgehead atoms. The van der Waals surface area contributed by atoms with Gasteiger partial charge < -0.3 is 19.3 Å². The van der Waals surface area contributed by atoms with Gasteiger partial charge >= 0.3 is 0 Å². The molecule has 1 amide bonds. The largest absolute Gasteiger partial charge is 0.380 e. The Bertz CT molecular complexity index is 608. The molecule has 3 aliphatic rings. The van der Waals surface area contributed by atoms with Crippen LogP contribution in [0.4, 0.5) is 10.3 Å².